The fourth-order valence-electron chi connectivity index (χ4n) is 6.08. The van der Waals surface area contributed by atoms with Crippen molar-refractivity contribution in [3.05, 3.63) is 87.5 Å². The first-order valence-corrected chi connectivity index (χ1v) is 16.4. The smallest absolute Gasteiger partial charge is 0.432 e. The van der Waals surface area contributed by atoms with E-state index in [-0.39, 0.29) is 5.41 Å². The lowest BCUT2D eigenvalue weighted by Gasteiger charge is -2.33. The van der Waals surface area contributed by atoms with E-state index >= 15 is 0 Å². The molecular weight excluding hydrogens is 629 g/mol. The molecule has 1 heterocycles. The van der Waals surface area contributed by atoms with Gasteiger partial charge in [-0.1, -0.05) is 70.9 Å². The van der Waals surface area contributed by atoms with Gasteiger partial charge in [0.1, 0.15) is 35.3 Å². The highest BCUT2D eigenvalue weighted by Crippen LogP contribution is 2.49. The highest BCUT2D eigenvalue weighted by atomic mass is 19.4. The van der Waals surface area contributed by atoms with Gasteiger partial charge >= 0.3 is 6.18 Å². The van der Waals surface area contributed by atoms with Crippen LogP contribution in [0.3, 0.4) is 0 Å². The van der Waals surface area contributed by atoms with E-state index < -0.39 is 34.3 Å². The van der Waals surface area contributed by atoms with Crippen LogP contribution in [0.2, 0.25) is 0 Å². The molecule has 3 rings (SSSR count). The summed E-state index contributed by atoms with van der Waals surface area (Å²) in [5, 5.41) is 28.3. The summed E-state index contributed by atoms with van der Waals surface area (Å²) in [4.78, 5) is 2.40. The number of benzene rings is 1. The average molecular weight is 675 g/mol. The fraction of sp³-hybridized carbons (Fsp3) is 0.462. The fourth-order valence-corrected chi connectivity index (χ4v) is 6.08. The zero-order valence-electron chi connectivity index (χ0n) is 29.4. The lowest BCUT2D eigenvalue weighted by molar-refractivity contribution is -0.236. The molecule has 0 bridgehead atoms. The van der Waals surface area contributed by atoms with Crippen LogP contribution in [0.1, 0.15) is 78.7 Å². The maximum absolute atomic E-state index is 14.3. The number of alkyl halides is 3. The Balaban J connectivity index is 2.06. The van der Waals surface area contributed by atoms with Gasteiger partial charge in [-0.05, 0) is 61.3 Å². The minimum Gasteiger partial charge on any atom is -0.496 e. The molecule has 0 spiro atoms. The molecule has 0 fully saturated rings. The largest absolute Gasteiger partial charge is 0.496 e. The molecule has 1 atom stereocenters. The van der Waals surface area contributed by atoms with Gasteiger partial charge in [-0.3, -0.25) is 0 Å². The molecule has 10 heteroatoms. The Kier molecular flexibility index (Phi) is 13.0. The molecule has 0 N–H and O–H groups in total. The highest BCUT2D eigenvalue weighted by molar-refractivity contribution is 5.66. The normalized spacial score (nSPS) is 20.0. The molecule has 1 aromatic rings. The maximum Gasteiger partial charge on any atom is 0.432 e. The van der Waals surface area contributed by atoms with Crippen molar-refractivity contribution in [1.29, 1.82) is 15.8 Å². The lowest BCUT2D eigenvalue weighted by Crippen LogP contribution is -2.43. The van der Waals surface area contributed by atoms with Gasteiger partial charge in [-0.15, -0.1) is 0 Å². The summed E-state index contributed by atoms with van der Waals surface area (Å²) in [5.41, 5.74) is -1.16. The molecule has 260 valence electrons. The number of halogens is 3. The number of rotatable bonds is 13. The summed E-state index contributed by atoms with van der Waals surface area (Å²) in [6, 6.07) is 11.0. The molecule has 1 aromatic carbocycles. The van der Waals surface area contributed by atoms with Gasteiger partial charge in [0, 0.05) is 36.0 Å². The number of allylic oxidation sites excluding steroid dienone is 7. The topological polar surface area (TPSA) is 102 Å². The third-order valence-electron chi connectivity index (χ3n) is 8.72. The van der Waals surface area contributed by atoms with Crippen molar-refractivity contribution in [3.63, 3.8) is 0 Å². The summed E-state index contributed by atoms with van der Waals surface area (Å²) < 4.78 is 59.7. The molecule has 0 aromatic heterocycles. The van der Waals surface area contributed by atoms with Crippen LogP contribution < -0.4 is 9.64 Å². The van der Waals surface area contributed by atoms with Crippen LogP contribution in [-0.2, 0) is 9.47 Å². The Hall–Kier alpha value is -4.88. The molecule has 0 saturated carbocycles. The molecular formula is C39H45F3N4O3. The molecule has 0 radical (unpaired) electrons. The summed E-state index contributed by atoms with van der Waals surface area (Å²) >= 11 is 0. The first kappa shape index (κ1) is 38.6. The molecule has 1 aliphatic carbocycles. The first-order valence-electron chi connectivity index (χ1n) is 16.4. The number of nitriles is 3. The summed E-state index contributed by atoms with van der Waals surface area (Å²) in [5.74, 6) is 0.674. The monoisotopic (exact) mass is 674 g/mol. The molecule has 0 saturated heterocycles. The number of ether oxygens (including phenoxy) is 3. The molecule has 49 heavy (non-hydrogen) atoms. The number of nitrogens with zero attached hydrogens (tertiary/aromatic N) is 4. The second kappa shape index (κ2) is 16.5. The molecule has 1 aliphatic heterocycles. The van der Waals surface area contributed by atoms with Gasteiger partial charge < -0.3 is 19.1 Å². The van der Waals surface area contributed by atoms with E-state index in [9.17, 15) is 29.0 Å². The van der Waals surface area contributed by atoms with E-state index in [4.69, 9.17) is 14.2 Å². The minimum absolute atomic E-state index is 0.202. The van der Waals surface area contributed by atoms with Gasteiger partial charge in [0.2, 0.25) is 5.60 Å². The predicted molar refractivity (Wildman–Crippen MR) is 185 cm³/mol. The van der Waals surface area contributed by atoms with E-state index in [0.717, 1.165) is 79.9 Å². The van der Waals surface area contributed by atoms with E-state index in [0.29, 0.717) is 18.6 Å². The highest BCUT2D eigenvalue weighted by Gasteiger charge is 2.60. The summed E-state index contributed by atoms with van der Waals surface area (Å²) in [6.07, 6.45) is 8.99. The second-order valence-electron chi connectivity index (χ2n) is 13.0. The van der Waals surface area contributed by atoms with E-state index in [2.05, 4.69) is 44.7 Å². The van der Waals surface area contributed by atoms with Crippen molar-refractivity contribution in [2.75, 3.05) is 32.2 Å². The van der Waals surface area contributed by atoms with Crippen molar-refractivity contribution >= 4 is 11.8 Å². The maximum atomic E-state index is 14.3. The number of anilines is 1. The summed E-state index contributed by atoms with van der Waals surface area (Å²) in [6.45, 7) is 11.3. The van der Waals surface area contributed by atoms with E-state index in [1.54, 1.807) is 26.4 Å². The molecule has 1 unspecified atom stereocenters. The van der Waals surface area contributed by atoms with Crippen LogP contribution in [0.25, 0.3) is 6.08 Å². The Morgan fingerprint density at radius 1 is 0.959 bits per heavy atom. The number of unbranched alkanes of at least 4 members (excludes halogenated alkanes) is 2. The first-order chi connectivity index (χ1) is 23.2. The predicted octanol–water partition coefficient (Wildman–Crippen LogP) is 9.79. The van der Waals surface area contributed by atoms with Gasteiger partial charge in [-0.25, -0.2) is 0 Å². The zero-order chi connectivity index (χ0) is 36.4. The van der Waals surface area contributed by atoms with Crippen LogP contribution in [0.15, 0.2) is 81.9 Å². The number of methoxy groups -OCH3 is 2. The minimum atomic E-state index is -4.94. The Bertz CT molecular complexity index is 1680. The van der Waals surface area contributed by atoms with Gasteiger partial charge in [0.25, 0.3) is 0 Å². The lowest BCUT2D eigenvalue weighted by atomic mass is 9.74. The summed E-state index contributed by atoms with van der Waals surface area (Å²) in [7, 11) is 3.21. The van der Waals surface area contributed by atoms with Crippen molar-refractivity contribution in [3.8, 4) is 24.0 Å². The Morgan fingerprint density at radius 2 is 1.61 bits per heavy atom. The van der Waals surface area contributed by atoms with Crippen molar-refractivity contribution in [1.82, 2.24) is 0 Å². The van der Waals surface area contributed by atoms with Crippen molar-refractivity contribution in [2.45, 2.75) is 84.9 Å². The van der Waals surface area contributed by atoms with Crippen LogP contribution in [0.4, 0.5) is 18.9 Å². The van der Waals surface area contributed by atoms with Gasteiger partial charge in [0.05, 0.1) is 14.2 Å². The SMILES string of the molecule is CCCCN(CCCC)c1ccc(/C=C/C2=C(OC)C(=C/C=C/C3=C(C#N)C(=C(C#N)C#N)OC3(C)C(F)(F)F)/CC(C)(C)C2)c(OC)c1. The van der Waals surface area contributed by atoms with E-state index in [1.165, 1.54) is 18.2 Å². The second-order valence-corrected chi connectivity index (χ2v) is 13.0. The standard InChI is InChI=1S/C39H45F3N4O3/c1-8-10-19-46(20-11-9-2)31-18-17-27(34(21-31)47-6)15-16-29-23-37(3,4)22-28(35(29)48-7)13-12-14-33-32(26-45)36(30(24-43)25-44)49-38(33,5)39(40,41)42/h12-18,21H,8-11,19-20,22-23H2,1-7H3/b14-12+,16-15+,28-13+. The Morgan fingerprint density at radius 3 is 2.14 bits per heavy atom. The number of hydrogen-bond acceptors (Lipinski definition) is 7. The van der Waals surface area contributed by atoms with Crippen LogP contribution in [0.5, 0.6) is 5.75 Å². The average Bonchev–Trinajstić information content (AvgIpc) is 3.36. The van der Waals surface area contributed by atoms with Crippen LogP contribution in [-0.4, -0.2) is 39.1 Å². The van der Waals surface area contributed by atoms with E-state index in [1.807, 2.05) is 18.2 Å². The Labute approximate surface area is 288 Å². The number of hydrogen-bond donors (Lipinski definition) is 0. The van der Waals surface area contributed by atoms with Crippen LogP contribution >= 0.6 is 0 Å². The third kappa shape index (κ3) is 8.78. The molecule has 7 nitrogen and oxygen atoms in total. The zero-order valence-corrected chi connectivity index (χ0v) is 29.4. The van der Waals surface area contributed by atoms with Crippen molar-refractivity contribution in [2.24, 2.45) is 5.41 Å². The van der Waals surface area contributed by atoms with Crippen molar-refractivity contribution < 1.29 is 27.4 Å². The quantitative estimate of drug-likeness (QED) is 0.192. The van der Waals surface area contributed by atoms with Gasteiger partial charge in [0.15, 0.2) is 11.3 Å². The third-order valence-corrected chi connectivity index (χ3v) is 8.72. The van der Waals surface area contributed by atoms with Gasteiger partial charge in [-0.2, -0.15) is 29.0 Å². The van der Waals surface area contributed by atoms with Crippen LogP contribution in [0, 0.1) is 39.4 Å². The molecule has 2 aliphatic rings. The molecule has 0 amide bonds.